The van der Waals surface area contributed by atoms with Crippen LogP contribution in [0, 0.1) is 10.1 Å². The molecule has 7 heteroatoms. The van der Waals surface area contributed by atoms with Crippen molar-refractivity contribution in [1.29, 1.82) is 0 Å². The van der Waals surface area contributed by atoms with Gasteiger partial charge in [0.05, 0.1) is 32.3 Å². The Morgan fingerprint density at radius 3 is 2.48 bits per heavy atom. The Morgan fingerprint density at radius 1 is 1.16 bits per heavy atom. The molecule has 7 nitrogen and oxygen atoms in total. The fourth-order valence-electron chi connectivity index (χ4n) is 2.65. The van der Waals surface area contributed by atoms with Gasteiger partial charge in [0.25, 0.3) is 0 Å². The van der Waals surface area contributed by atoms with E-state index in [1.807, 2.05) is 30.3 Å². The van der Waals surface area contributed by atoms with Crippen molar-refractivity contribution in [3.05, 3.63) is 69.8 Å². The average Bonchev–Trinajstić information content (AvgIpc) is 2.62. The molecule has 0 radical (unpaired) electrons. The van der Waals surface area contributed by atoms with Crippen LogP contribution in [0.4, 0.5) is 0 Å². The van der Waals surface area contributed by atoms with E-state index in [-0.39, 0.29) is 18.1 Å². The average molecular weight is 347 g/mol. The lowest BCUT2D eigenvalue weighted by Crippen LogP contribution is -2.31. The highest BCUT2D eigenvalue weighted by Gasteiger charge is 2.31. The number of phenolic OH excluding ortho intramolecular Hbond substituents is 1. The van der Waals surface area contributed by atoms with E-state index in [9.17, 15) is 20.3 Å². The second-order valence-electron chi connectivity index (χ2n) is 5.54. The van der Waals surface area contributed by atoms with Gasteiger partial charge in [-0.2, -0.15) is 0 Å². The number of methoxy groups -OCH3 is 1. The molecule has 2 aromatic carbocycles. The van der Waals surface area contributed by atoms with Crippen LogP contribution in [0.2, 0.25) is 0 Å². The van der Waals surface area contributed by atoms with Crippen LogP contribution in [0.5, 0.6) is 11.5 Å². The Kier molecular flexibility index (Phi) is 6.73. The number of hydrogen-bond donors (Lipinski definition) is 2. The molecule has 0 amide bonds. The van der Waals surface area contributed by atoms with Crippen LogP contribution in [0.3, 0.4) is 0 Å². The number of benzene rings is 2. The molecule has 2 N–H and O–H groups in total. The van der Waals surface area contributed by atoms with Gasteiger partial charge >= 0.3 is 0 Å². The first-order chi connectivity index (χ1) is 12.1. The number of aliphatic hydroxyl groups is 1. The summed E-state index contributed by atoms with van der Waals surface area (Å²) in [5, 5.41) is 31.1. The number of aliphatic hydroxyl groups excluding tert-OH is 1. The Balaban J connectivity index is 2.26. The van der Waals surface area contributed by atoms with Crippen LogP contribution in [0.1, 0.15) is 17.0 Å². The highest BCUT2D eigenvalue weighted by molar-refractivity contribution is 5.47. The molecule has 2 rings (SSSR count). The molecule has 0 aliphatic rings. The van der Waals surface area contributed by atoms with Crippen LogP contribution in [-0.4, -0.2) is 41.5 Å². The summed E-state index contributed by atoms with van der Waals surface area (Å²) in [7, 11) is 1.40. The predicted molar refractivity (Wildman–Crippen MR) is 91.4 cm³/mol. The monoisotopic (exact) mass is 347 g/mol. The van der Waals surface area contributed by atoms with Crippen LogP contribution in [-0.2, 0) is 11.3 Å². The number of rotatable bonds is 9. The van der Waals surface area contributed by atoms with Gasteiger partial charge in [-0.25, -0.2) is 0 Å². The lowest BCUT2D eigenvalue weighted by atomic mass is 9.92. The molecular formula is C18H21NO6. The van der Waals surface area contributed by atoms with Crippen molar-refractivity contribution >= 4 is 0 Å². The quantitative estimate of drug-likeness (QED) is 0.533. The zero-order chi connectivity index (χ0) is 18.2. The summed E-state index contributed by atoms with van der Waals surface area (Å²) in [5.74, 6) is -0.789. The van der Waals surface area contributed by atoms with E-state index in [0.717, 1.165) is 5.56 Å². The van der Waals surface area contributed by atoms with Gasteiger partial charge in [-0.1, -0.05) is 42.5 Å². The molecule has 25 heavy (non-hydrogen) atoms. The SMILES string of the molecule is COc1cccc(C(C[N+](=O)[O-])C(CO)OCc2ccccc2)c1O. The van der Waals surface area contributed by atoms with E-state index in [2.05, 4.69) is 0 Å². The minimum absolute atomic E-state index is 0.182. The van der Waals surface area contributed by atoms with E-state index in [4.69, 9.17) is 9.47 Å². The van der Waals surface area contributed by atoms with Gasteiger partial charge in [0.15, 0.2) is 11.5 Å². The summed E-state index contributed by atoms with van der Waals surface area (Å²) in [4.78, 5) is 10.6. The standard InChI is InChI=1S/C18H21NO6/c1-24-16-9-5-8-14(18(16)21)15(10-19(22)23)17(11-20)25-12-13-6-3-2-4-7-13/h2-9,15,17,20-21H,10-12H2,1H3. The minimum atomic E-state index is -0.844. The first-order valence-corrected chi connectivity index (χ1v) is 7.80. The lowest BCUT2D eigenvalue weighted by Gasteiger charge is -2.24. The number of nitro groups is 1. The van der Waals surface area contributed by atoms with Crippen molar-refractivity contribution in [2.24, 2.45) is 0 Å². The van der Waals surface area contributed by atoms with Gasteiger partial charge < -0.3 is 19.7 Å². The van der Waals surface area contributed by atoms with Gasteiger partial charge in [-0.05, 0) is 11.6 Å². The van der Waals surface area contributed by atoms with Gasteiger partial charge in [-0.15, -0.1) is 0 Å². The predicted octanol–water partition coefficient (Wildman–Crippen LogP) is 2.34. The second-order valence-corrected chi connectivity index (χ2v) is 5.54. The number of para-hydroxylation sites is 1. The molecule has 2 aromatic rings. The van der Waals surface area contributed by atoms with Crippen LogP contribution >= 0.6 is 0 Å². The van der Waals surface area contributed by atoms with E-state index in [1.165, 1.54) is 7.11 Å². The van der Waals surface area contributed by atoms with E-state index in [1.54, 1.807) is 18.2 Å². The van der Waals surface area contributed by atoms with Crippen molar-refractivity contribution in [2.45, 2.75) is 18.6 Å². The fraction of sp³-hybridized carbons (Fsp3) is 0.333. The molecule has 0 saturated carbocycles. The number of aromatic hydroxyl groups is 1. The molecule has 0 fully saturated rings. The normalized spacial score (nSPS) is 13.2. The Bertz CT molecular complexity index is 691. The van der Waals surface area contributed by atoms with Crippen LogP contribution in [0.25, 0.3) is 0 Å². The van der Waals surface area contributed by atoms with Crippen molar-refractivity contribution in [2.75, 3.05) is 20.3 Å². The summed E-state index contributed by atoms with van der Waals surface area (Å²) in [6, 6.07) is 14.1. The van der Waals surface area contributed by atoms with Gasteiger partial charge in [0.2, 0.25) is 6.54 Å². The summed E-state index contributed by atoms with van der Waals surface area (Å²) < 4.78 is 10.8. The van der Waals surface area contributed by atoms with Gasteiger partial charge in [-0.3, -0.25) is 10.1 Å². The summed E-state index contributed by atoms with van der Waals surface area (Å²) in [6.45, 7) is -0.701. The van der Waals surface area contributed by atoms with E-state index in [0.29, 0.717) is 5.56 Å². The number of hydrogen-bond acceptors (Lipinski definition) is 6. The first kappa shape index (κ1) is 18.7. The van der Waals surface area contributed by atoms with Crippen molar-refractivity contribution in [1.82, 2.24) is 0 Å². The molecule has 0 aromatic heterocycles. The molecular weight excluding hydrogens is 326 g/mol. The second kappa shape index (κ2) is 9.00. The Hall–Kier alpha value is -2.64. The van der Waals surface area contributed by atoms with E-state index >= 15 is 0 Å². The number of nitrogens with zero attached hydrogens (tertiary/aromatic N) is 1. The third-order valence-corrected chi connectivity index (χ3v) is 3.93. The molecule has 0 saturated heterocycles. The molecule has 0 bridgehead atoms. The topological polar surface area (TPSA) is 102 Å². The summed E-state index contributed by atoms with van der Waals surface area (Å²) >= 11 is 0. The highest BCUT2D eigenvalue weighted by atomic mass is 16.6. The third-order valence-electron chi connectivity index (χ3n) is 3.93. The molecule has 2 unspecified atom stereocenters. The number of phenols is 1. The zero-order valence-corrected chi connectivity index (χ0v) is 13.9. The number of ether oxygens (including phenoxy) is 2. The molecule has 134 valence electrons. The summed E-state index contributed by atoms with van der Waals surface area (Å²) in [5.41, 5.74) is 1.19. The maximum atomic E-state index is 11.1. The maximum absolute atomic E-state index is 11.1. The third kappa shape index (κ3) is 4.91. The Morgan fingerprint density at radius 2 is 1.88 bits per heavy atom. The van der Waals surface area contributed by atoms with Crippen molar-refractivity contribution < 1.29 is 24.6 Å². The van der Waals surface area contributed by atoms with Crippen LogP contribution in [0.15, 0.2) is 48.5 Å². The van der Waals surface area contributed by atoms with Gasteiger partial charge in [0, 0.05) is 10.5 Å². The largest absolute Gasteiger partial charge is 0.504 e. The zero-order valence-electron chi connectivity index (χ0n) is 13.9. The minimum Gasteiger partial charge on any atom is -0.504 e. The maximum Gasteiger partial charge on any atom is 0.213 e. The van der Waals surface area contributed by atoms with Crippen molar-refractivity contribution in [3.8, 4) is 11.5 Å². The van der Waals surface area contributed by atoms with Crippen molar-refractivity contribution in [3.63, 3.8) is 0 Å². The Labute approximate surface area is 145 Å². The molecule has 0 heterocycles. The molecule has 0 aliphatic carbocycles. The first-order valence-electron chi connectivity index (χ1n) is 7.80. The lowest BCUT2D eigenvalue weighted by molar-refractivity contribution is -0.485. The smallest absolute Gasteiger partial charge is 0.213 e. The summed E-state index contributed by atoms with van der Waals surface area (Å²) in [6.07, 6.45) is -0.844. The molecule has 2 atom stereocenters. The van der Waals surface area contributed by atoms with Gasteiger partial charge in [0.1, 0.15) is 0 Å². The molecule has 0 spiro atoms. The fourth-order valence-corrected chi connectivity index (χ4v) is 2.65. The highest BCUT2D eigenvalue weighted by Crippen LogP contribution is 2.36. The van der Waals surface area contributed by atoms with E-state index < -0.39 is 30.1 Å². The van der Waals surface area contributed by atoms with Crippen LogP contribution < -0.4 is 4.74 Å². The molecule has 0 aliphatic heterocycles.